The number of nitrogens with zero attached hydrogens (tertiary/aromatic N) is 3. The molecule has 106 valence electrons. The summed E-state index contributed by atoms with van der Waals surface area (Å²) in [7, 11) is 1.58. The molecule has 0 amide bonds. The van der Waals surface area contributed by atoms with Gasteiger partial charge in [0, 0.05) is 12.2 Å². The monoisotopic (exact) mass is 293 g/mol. The van der Waals surface area contributed by atoms with Crippen molar-refractivity contribution in [2.45, 2.75) is 13.3 Å². The summed E-state index contributed by atoms with van der Waals surface area (Å²) >= 11 is 6.07. The first-order valence-electron chi connectivity index (χ1n) is 6.27. The molecule has 0 radical (unpaired) electrons. The second-order valence-corrected chi connectivity index (χ2v) is 4.47. The Morgan fingerprint density at radius 1 is 1.35 bits per heavy atom. The van der Waals surface area contributed by atoms with Crippen LogP contribution in [-0.4, -0.2) is 28.8 Å². The predicted molar refractivity (Wildman–Crippen MR) is 79.9 cm³/mol. The molecule has 0 saturated heterocycles. The molecule has 2 rings (SSSR count). The zero-order valence-electron chi connectivity index (χ0n) is 11.4. The predicted octanol–water partition coefficient (Wildman–Crippen LogP) is 3.10. The molecule has 0 atom stereocenters. The van der Waals surface area contributed by atoms with E-state index in [0.717, 1.165) is 18.7 Å². The number of hydrogen-bond donors (Lipinski definition) is 2. The van der Waals surface area contributed by atoms with Gasteiger partial charge in [-0.25, -0.2) is 0 Å². The minimum atomic E-state index is 0.497. The molecule has 2 aromatic rings. The fourth-order valence-electron chi connectivity index (χ4n) is 1.57. The van der Waals surface area contributed by atoms with E-state index in [1.54, 1.807) is 25.4 Å². The second kappa shape index (κ2) is 6.91. The van der Waals surface area contributed by atoms with E-state index in [4.69, 9.17) is 16.3 Å². The molecule has 0 spiro atoms. The first-order valence-corrected chi connectivity index (χ1v) is 6.65. The average Bonchev–Trinajstić information content (AvgIpc) is 2.46. The molecule has 20 heavy (non-hydrogen) atoms. The number of anilines is 3. The number of benzene rings is 1. The third-order valence-electron chi connectivity index (χ3n) is 2.52. The normalized spacial score (nSPS) is 10.2. The van der Waals surface area contributed by atoms with Crippen molar-refractivity contribution in [3.05, 3.63) is 29.4 Å². The van der Waals surface area contributed by atoms with Crippen LogP contribution in [0.5, 0.6) is 5.75 Å². The summed E-state index contributed by atoms with van der Waals surface area (Å²) in [5.74, 6) is 1.72. The first kappa shape index (κ1) is 14.3. The molecule has 1 aromatic carbocycles. The van der Waals surface area contributed by atoms with Gasteiger partial charge < -0.3 is 15.4 Å². The Labute approximate surface area is 122 Å². The number of methoxy groups -OCH3 is 1. The highest BCUT2D eigenvalue weighted by Gasteiger charge is 2.04. The van der Waals surface area contributed by atoms with Crippen molar-refractivity contribution in [2.24, 2.45) is 0 Å². The van der Waals surface area contributed by atoms with Gasteiger partial charge in [0.1, 0.15) is 5.75 Å². The topological polar surface area (TPSA) is 72.0 Å². The lowest BCUT2D eigenvalue weighted by atomic mass is 10.3. The van der Waals surface area contributed by atoms with Crippen LogP contribution in [0.4, 0.5) is 17.5 Å². The number of ether oxygens (including phenoxy) is 1. The molecule has 2 N–H and O–H groups in total. The quantitative estimate of drug-likeness (QED) is 0.853. The molecule has 0 aliphatic rings. The standard InChI is InChI=1S/C13H16ClN5O/c1-3-6-15-13-18-12(8-16-19-13)17-9-4-5-11(20-2)10(14)7-9/h4-5,7-8H,3,6H2,1-2H3,(H2,15,17,18,19). The highest BCUT2D eigenvalue weighted by molar-refractivity contribution is 6.32. The highest BCUT2D eigenvalue weighted by Crippen LogP contribution is 2.28. The zero-order valence-corrected chi connectivity index (χ0v) is 12.1. The van der Waals surface area contributed by atoms with E-state index >= 15 is 0 Å². The van der Waals surface area contributed by atoms with Crippen molar-refractivity contribution in [2.75, 3.05) is 24.3 Å². The largest absolute Gasteiger partial charge is 0.495 e. The SMILES string of the molecule is CCCNc1nncc(Nc2ccc(OC)c(Cl)c2)n1. The van der Waals surface area contributed by atoms with E-state index in [1.807, 2.05) is 6.07 Å². The average molecular weight is 294 g/mol. The zero-order chi connectivity index (χ0) is 14.4. The van der Waals surface area contributed by atoms with Crippen LogP contribution in [0.2, 0.25) is 5.02 Å². The molecule has 0 unspecified atom stereocenters. The molecule has 7 heteroatoms. The van der Waals surface area contributed by atoms with E-state index in [2.05, 4.69) is 32.7 Å². The minimum Gasteiger partial charge on any atom is -0.495 e. The van der Waals surface area contributed by atoms with Gasteiger partial charge in [0.2, 0.25) is 5.95 Å². The molecule has 1 aromatic heterocycles. The van der Waals surface area contributed by atoms with Crippen molar-refractivity contribution in [1.82, 2.24) is 15.2 Å². The minimum absolute atomic E-state index is 0.497. The van der Waals surface area contributed by atoms with Gasteiger partial charge in [0.25, 0.3) is 0 Å². The smallest absolute Gasteiger partial charge is 0.244 e. The van der Waals surface area contributed by atoms with E-state index in [9.17, 15) is 0 Å². The van der Waals surface area contributed by atoms with Gasteiger partial charge in [-0.2, -0.15) is 10.1 Å². The Morgan fingerprint density at radius 2 is 2.20 bits per heavy atom. The van der Waals surface area contributed by atoms with Gasteiger partial charge in [-0.15, -0.1) is 5.10 Å². The Balaban J connectivity index is 2.11. The summed E-state index contributed by atoms with van der Waals surface area (Å²) in [5, 5.41) is 14.5. The van der Waals surface area contributed by atoms with Crippen LogP contribution in [0.3, 0.4) is 0 Å². The summed E-state index contributed by atoms with van der Waals surface area (Å²) in [5.41, 5.74) is 0.803. The molecule has 1 heterocycles. The summed E-state index contributed by atoms with van der Waals surface area (Å²) < 4.78 is 5.11. The van der Waals surface area contributed by atoms with Gasteiger partial charge in [-0.05, 0) is 24.6 Å². The number of halogens is 1. The van der Waals surface area contributed by atoms with Gasteiger partial charge in [0.05, 0.1) is 18.3 Å². The highest BCUT2D eigenvalue weighted by atomic mass is 35.5. The van der Waals surface area contributed by atoms with Crippen LogP contribution >= 0.6 is 11.6 Å². The maximum absolute atomic E-state index is 6.07. The van der Waals surface area contributed by atoms with E-state index in [1.165, 1.54) is 0 Å². The fraction of sp³-hybridized carbons (Fsp3) is 0.308. The maximum Gasteiger partial charge on any atom is 0.244 e. The summed E-state index contributed by atoms with van der Waals surface area (Å²) in [6.45, 7) is 2.88. The third kappa shape index (κ3) is 3.71. The van der Waals surface area contributed by atoms with E-state index in [-0.39, 0.29) is 0 Å². The van der Waals surface area contributed by atoms with E-state index in [0.29, 0.717) is 22.5 Å². The van der Waals surface area contributed by atoms with Gasteiger partial charge in [-0.1, -0.05) is 18.5 Å². The number of rotatable bonds is 6. The van der Waals surface area contributed by atoms with Crippen molar-refractivity contribution in [3.8, 4) is 5.75 Å². The second-order valence-electron chi connectivity index (χ2n) is 4.07. The lowest BCUT2D eigenvalue weighted by Crippen LogP contribution is -2.06. The van der Waals surface area contributed by atoms with Crippen molar-refractivity contribution in [3.63, 3.8) is 0 Å². The van der Waals surface area contributed by atoms with Gasteiger partial charge in [-0.3, -0.25) is 0 Å². The molecule has 0 aliphatic heterocycles. The summed E-state index contributed by atoms with van der Waals surface area (Å²) in [6.07, 6.45) is 2.55. The molecule has 0 saturated carbocycles. The molecule has 0 aliphatic carbocycles. The van der Waals surface area contributed by atoms with Crippen LogP contribution in [-0.2, 0) is 0 Å². The Bertz CT molecular complexity index is 578. The first-order chi connectivity index (χ1) is 9.72. The van der Waals surface area contributed by atoms with Crippen LogP contribution in [0.1, 0.15) is 13.3 Å². The van der Waals surface area contributed by atoms with Crippen LogP contribution in [0.15, 0.2) is 24.4 Å². The van der Waals surface area contributed by atoms with Crippen molar-refractivity contribution < 1.29 is 4.74 Å². The molecule has 0 bridgehead atoms. The number of nitrogens with one attached hydrogen (secondary N) is 2. The fourth-order valence-corrected chi connectivity index (χ4v) is 1.83. The van der Waals surface area contributed by atoms with Crippen LogP contribution in [0, 0.1) is 0 Å². The van der Waals surface area contributed by atoms with E-state index < -0.39 is 0 Å². The molecule has 0 fully saturated rings. The Kier molecular flexibility index (Phi) is 4.95. The lowest BCUT2D eigenvalue weighted by Gasteiger charge is -2.09. The molecule has 6 nitrogen and oxygen atoms in total. The molecular weight excluding hydrogens is 278 g/mol. The Morgan fingerprint density at radius 3 is 2.90 bits per heavy atom. The van der Waals surface area contributed by atoms with Crippen LogP contribution < -0.4 is 15.4 Å². The number of aromatic nitrogens is 3. The lowest BCUT2D eigenvalue weighted by molar-refractivity contribution is 0.415. The maximum atomic E-state index is 6.07. The summed E-state index contributed by atoms with van der Waals surface area (Å²) in [4.78, 5) is 4.31. The van der Waals surface area contributed by atoms with Crippen LogP contribution in [0.25, 0.3) is 0 Å². The molecular formula is C13H16ClN5O. The summed E-state index contributed by atoms with van der Waals surface area (Å²) in [6, 6.07) is 5.41. The van der Waals surface area contributed by atoms with Gasteiger partial charge >= 0.3 is 0 Å². The Hall–Kier alpha value is -2.08. The van der Waals surface area contributed by atoms with Gasteiger partial charge in [0.15, 0.2) is 5.82 Å². The third-order valence-corrected chi connectivity index (χ3v) is 2.81. The van der Waals surface area contributed by atoms with Crippen molar-refractivity contribution >= 4 is 29.1 Å². The number of hydrogen-bond acceptors (Lipinski definition) is 6. The van der Waals surface area contributed by atoms with Crippen molar-refractivity contribution in [1.29, 1.82) is 0 Å².